The fourth-order valence-corrected chi connectivity index (χ4v) is 4.23. The van der Waals surface area contributed by atoms with Crippen molar-refractivity contribution in [2.75, 3.05) is 0 Å². The second-order valence-electron chi connectivity index (χ2n) is 7.15. The third-order valence-corrected chi connectivity index (χ3v) is 6.52. The summed E-state index contributed by atoms with van der Waals surface area (Å²) in [6, 6.07) is 18.7. The van der Waals surface area contributed by atoms with Gasteiger partial charge in [0.1, 0.15) is 22.0 Å². The monoisotopic (exact) mass is 512 g/mol. The first kappa shape index (κ1) is 24.1. The molecule has 4 aromatic carbocycles. The van der Waals surface area contributed by atoms with Gasteiger partial charge in [-0.25, -0.2) is 0 Å². The minimum absolute atomic E-state index is 0.0449. The largest absolute Gasteiger partial charge is 0.506 e. The number of rotatable bonds is 6. The van der Waals surface area contributed by atoms with E-state index in [4.69, 9.17) is 4.55 Å². The van der Waals surface area contributed by atoms with Gasteiger partial charge in [0.05, 0.1) is 16.3 Å². The molecular weight excluding hydrogens is 496 g/mol. The second kappa shape index (κ2) is 9.31. The van der Waals surface area contributed by atoms with Crippen LogP contribution in [0.25, 0.3) is 10.8 Å². The molecule has 178 valence electrons. The molecular formula is C22H16N4O7S2. The standard InChI is InChI=1S/C22H16N4O7S2/c27-20-12-5-14-3-1-2-4-18(14)22(20)26-25-19-11-8-16(13-21(19)35(31,32)33)24-23-15-6-9-17(10-7-15)34(28,29)30/h1-13,27H,(H,28,29,30)(H,31,32,33)/b24-23+,26-25+. The molecule has 4 rings (SSSR count). The molecule has 4 aromatic rings. The lowest BCUT2D eigenvalue weighted by Gasteiger charge is -2.05. The van der Waals surface area contributed by atoms with Crippen molar-refractivity contribution in [1.82, 2.24) is 0 Å². The molecule has 0 heterocycles. The van der Waals surface area contributed by atoms with Gasteiger partial charge in [0.25, 0.3) is 20.2 Å². The molecule has 0 aromatic heterocycles. The number of nitrogens with zero attached hydrogens (tertiary/aromatic N) is 4. The van der Waals surface area contributed by atoms with E-state index >= 15 is 0 Å². The number of benzene rings is 4. The average molecular weight is 513 g/mol. The van der Waals surface area contributed by atoms with Crippen LogP contribution in [0.1, 0.15) is 0 Å². The molecule has 13 heteroatoms. The second-order valence-corrected chi connectivity index (χ2v) is 9.96. The highest BCUT2D eigenvalue weighted by Gasteiger charge is 2.17. The van der Waals surface area contributed by atoms with Gasteiger partial charge < -0.3 is 5.11 Å². The van der Waals surface area contributed by atoms with Crippen molar-refractivity contribution >= 4 is 53.8 Å². The first-order valence-corrected chi connectivity index (χ1v) is 12.6. The molecule has 0 aliphatic heterocycles. The van der Waals surface area contributed by atoms with Crippen LogP contribution in [0, 0.1) is 0 Å². The molecule has 35 heavy (non-hydrogen) atoms. The van der Waals surface area contributed by atoms with Gasteiger partial charge in [0, 0.05) is 5.39 Å². The number of aromatic hydroxyl groups is 1. The zero-order valence-electron chi connectivity index (χ0n) is 17.6. The fourth-order valence-electron chi connectivity index (χ4n) is 3.11. The molecule has 0 amide bonds. The Labute approximate surface area is 199 Å². The summed E-state index contributed by atoms with van der Waals surface area (Å²) in [5.74, 6) is -0.161. The quantitative estimate of drug-likeness (QED) is 0.213. The predicted octanol–water partition coefficient (Wildman–Crippen LogP) is 5.87. The van der Waals surface area contributed by atoms with Crippen molar-refractivity contribution < 1.29 is 31.0 Å². The van der Waals surface area contributed by atoms with Gasteiger partial charge in [0.2, 0.25) is 0 Å². The number of hydrogen-bond acceptors (Lipinski definition) is 9. The van der Waals surface area contributed by atoms with Gasteiger partial charge in [-0.2, -0.15) is 27.1 Å². The summed E-state index contributed by atoms with van der Waals surface area (Å²) in [6.07, 6.45) is 0. The van der Waals surface area contributed by atoms with E-state index in [-0.39, 0.29) is 33.4 Å². The van der Waals surface area contributed by atoms with Crippen LogP contribution in [0.15, 0.2) is 109 Å². The van der Waals surface area contributed by atoms with Crippen LogP contribution in [0.4, 0.5) is 22.7 Å². The third-order valence-electron chi connectivity index (χ3n) is 4.77. The van der Waals surface area contributed by atoms with E-state index in [1.54, 1.807) is 18.2 Å². The summed E-state index contributed by atoms with van der Waals surface area (Å²) in [4.78, 5) is -0.906. The minimum atomic E-state index is -4.73. The number of fused-ring (bicyclic) bond motifs is 1. The Hall–Kier alpha value is -4.04. The zero-order chi connectivity index (χ0) is 25.2. The first-order valence-electron chi connectivity index (χ1n) is 9.76. The molecule has 0 saturated heterocycles. The van der Waals surface area contributed by atoms with Crippen molar-refractivity contribution in [2.24, 2.45) is 20.5 Å². The van der Waals surface area contributed by atoms with E-state index in [0.717, 1.165) is 23.6 Å². The molecule has 0 spiro atoms. The van der Waals surface area contributed by atoms with Crippen LogP contribution in [0.2, 0.25) is 0 Å². The van der Waals surface area contributed by atoms with Crippen molar-refractivity contribution in [1.29, 1.82) is 0 Å². The number of hydrogen-bond donors (Lipinski definition) is 3. The predicted molar refractivity (Wildman–Crippen MR) is 126 cm³/mol. The molecule has 0 radical (unpaired) electrons. The summed E-state index contributed by atoms with van der Waals surface area (Å²) >= 11 is 0. The van der Waals surface area contributed by atoms with Crippen molar-refractivity contribution in [3.05, 3.63) is 78.9 Å². The van der Waals surface area contributed by atoms with Gasteiger partial charge in [0.15, 0.2) is 0 Å². The maximum absolute atomic E-state index is 12.0. The fraction of sp³-hybridized carbons (Fsp3) is 0. The van der Waals surface area contributed by atoms with E-state index in [0.29, 0.717) is 5.39 Å². The lowest BCUT2D eigenvalue weighted by molar-refractivity contribution is 0.477. The van der Waals surface area contributed by atoms with Gasteiger partial charge in [-0.15, -0.1) is 10.2 Å². The maximum atomic E-state index is 12.0. The van der Waals surface area contributed by atoms with Crippen LogP contribution in [0.5, 0.6) is 5.75 Å². The van der Waals surface area contributed by atoms with E-state index < -0.39 is 25.1 Å². The molecule has 3 N–H and O–H groups in total. The minimum Gasteiger partial charge on any atom is -0.506 e. The number of azo groups is 2. The summed E-state index contributed by atoms with van der Waals surface area (Å²) in [7, 11) is -9.09. The molecule has 0 atom stereocenters. The Morgan fingerprint density at radius 3 is 1.97 bits per heavy atom. The Morgan fingerprint density at radius 1 is 0.629 bits per heavy atom. The average Bonchev–Trinajstić information content (AvgIpc) is 2.81. The summed E-state index contributed by atoms with van der Waals surface area (Å²) in [6.45, 7) is 0. The van der Waals surface area contributed by atoms with Gasteiger partial charge in [-0.1, -0.05) is 30.3 Å². The molecule has 0 unspecified atom stereocenters. The van der Waals surface area contributed by atoms with E-state index in [2.05, 4.69) is 20.5 Å². The highest BCUT2D eigenvalue weighted by atomic mass is 32.2. The van der Waals surface area contributed by atoms with Crippen molar-refractivity contribution in [3.63, 3.8) is 0 Å². The highest BCUT2D eigenvalue weighted by molar-refractivity contribution is 7.86. The Bertz CT molecular complexity index is 1700. The van der Waals surface area contributed by atoms with Crippen LogP contribution in [-0.4, -0.2) is 31.0 Å². The molecule has 0 aliphatic rings. The van der Waals surface area contributed by atoms with Gasteiger partial charge in [-0.3, -0.25) is 9.11 Å². The SMILES string of the molecule is O=S(=O)(O)c1ccc(/N=N/c2ccc(/N=N/c3c(O)ccc4ccccc34)c(S(=O)(=O)O)c2)cc1. The molecule has 0 bridgehead atoms. The normalized spacial score (nSPS) is 12.6. The number of phenolic OH excluding ortho intramolecular Hbond substituents is 1. The summed E-state index contributed by atoms with van der Waals surface area (Å²) in [5, 5.41) is 27.3. The van der Waals surface area contributed by atoms with Crippen LogP contribution in [-0.2, 0) is 20.2 Å². The van der Waals surface area contributed by atoms with Gasteiger partial charge >= 0.3 is 0 Å². The molecule has 0 saturated carbocycles. The molecule has 11 nitrogen and oxygen atoms in total. The van der Waals surface area contributed by atoms with Crippen molar-refractivity contribution in [2.45, 2.75) is 9.79 Å². The van der Waals surface area contributed by atoms with E-state index in [1.165, 1.54) is 30.3 Å². The summed E-state index contributed by atoms with van der Waals surface area (Å²) in [5.41, 5.74) is 0.197. The number of phenols is 1. The van der Waals surface area contributed by atoms with Gasteiger partial charge in [-0.05, 0) is 53.9 Å². The smallest absolute Gasteiger partial charge is 0.296 e. The van der Waals surface area contributed by atoms with Crippen LogP contribution in [0.3, 0.4) is 0 Å². The lowest BCUT2D eigenvalue weighted by atomic mass is 10.1. The zero-order valence-corrected chi connectivity index (χ0v) is 19.2. The topological polar surface area (TPSA) is 178 Å². The van der Waals surface area contributed by atoms with Crippen LogP contribution < -0.4 is 0 Å². The third kappa shape index (κ3) is 5.55. The Morgan fingerprint density at radius 2 is 1.29 bits per heavy atom. The highest BCUT2D eigenvalue weighted by Crippen LogP contribution is 2.37. The van der Waals surface area contributed by atoms with E-state index in [1.807, 2.05) is 12.1 Å². The summed E-state index contributed by atoms with van der Waals surface area (Å²) < 4.78 is 64.8. The molecule has 0 fully saturated rings. The van der Waals surface area contributed by atoms with Crippen LogP contribution >= 0.6 is 0 Å². The maximum Gasteiger partial charge on any atom is 0.296 e. The molecule has 0 aliphatic carbocycles. The Balaban J connectivity index is 1.68. The lowest BCUT2D eigenvalue weighted by Crippen LogP contribution is -1.98. The van der Waals surface area contributed by atoms with E-state index in [9.17, 15) is 26.5 Å². The first-order chi connectivity index (χ1) is 16.5. The Kier molecular flexibility index (Phi) is 6.41. The van der Waals surface area contributed by atoms with Crippen molar-refractivity contribution in [3.8, 4) is 5.75 Å².